The van der Waals surface area contributed by atoms with E-state index in [-0.39, 0.29) is 16.6 Å². The number of nitrogens with zero attached hydrogens (tertiary/aromatic N) is 3. The lowest BCUT2D eigenvalue weighted by Gasteiger charge is -2.28. The number of hydrogen-bond donors (Lipinski definition) is 1. The number of allylic oxidation sites excluding steroid dienone is 1. The van der Waals surface area contributed by atoms with Gasteiger partial charge in [0.05, 0.1) is 18.8 Å². The Kier molecular flexibility index (Phi) is 5.10. The molecule has 0 saturated heterocycles. The molecule has 0 fully saturated rings. The summed E-state index contributed by atoms with van der Waals surface area (Å²) in [6.07, 6.45) is 3.75. The molecule has 2 heterocycles. The van der Waals surface area contributed by atoms with Crippen molar-refractivity contribution in [2.24, 2.45) is 0 Å². The summed E-state index contributed by atoms with van der Waals surface area (Å²) < 4.78 is 18.2. The maximum Gasteiger partial charge on any atom is 0.331 e. The molecule has 23 heavy (non-hydrogen) atoms. The van der Waals surface area contributed by atoms with Crippen LogP contribution >= 0.6 is 11.6 Å². The smallest absolute Gasteiger partial charge is 0.331 e. The van der Waals surface area contributed by atoms with E-state index in [1.54, 1.807) is 13.0 Å². The van der Waals surface area contributed by atoms with Gasteiger partial charge in [-0.2, -0.15) is 4.98 Å². The number of fused-ring (bicyclic) bond motifs is 1. The van der Waals surface area contributed by atoms with E-state index in [9.17, 15) is 9.18 Å². The first kappa shape index (κ1) is 17.1. The third kappa shape index (κ3) is 3.73. The van der Waals surface area contributed by atoms with Crippen LogP contribution < -0.4 is 5.32 Å². The van der Waals surface area contributed by atoms with Crippen LogP contribution in [0.3, 0.4) is 0 Å². The Morgan fingerprint density at radius 2 is 2.30 bits per heavy atom. The van der Waals surface area contributed by atoms with Crippen LogP contribution in [0.2, 0.25) is 5.28 Å². The fourth-order valence-corrected chi connectivity index (χ4v) is 2.32. The van der Waals surface area contributed by atoms with Gasteiger partial charge in [0.15, 0.2) is 5.82 Å². The molecule has 8 heteroatoms. The minimum Gasteiger partial charge on any atom is -0.467 e. The van der Waals surface area contributed by atoms with Crippen LogP contribution in [0.25, 0.3) is 11.0 Å². The van der Waals surface area contributed by atoms with Crippen molar-refractivity contribution in [3.63, 3.8) is 0 Å². The van der Waals surface area contributed by atoms with Gasteiger partial charge >= 0.3 is 5.97 Å². The summed E-state index contributed by atoms with van der Waals surface area (Å²) in [7, 11) is 1.30. The van der Waals surface area contributed by atoms with Gasteiger partial charge in [-0.25, -0.2) is 19.2 Å². The van der Waals surface area contributed by atoms with Gasteiger partial charge in [0, 0.05) is 6.07 Å². The molecule has 0 aliphatic heterocycles. The predicted molar refractivity (Wildman–Crippen MR) is 85.8 cm³/mol. The maximum absolute atomic E-state index is 13.3. The highest BCUT2D eigenvalue weighted by Crippen LogP contribution is 2.26. The molecule has 0 bridgehead atoms. The molecule has 0 aromatic carbocycles. The second-order valence-corrected chi connectivity index (χ2v) is 5.48. The highest BCUT2D eigenvalue weighted by Gasteiger charge is 2.34. The lowest BCUT2D eigenvalue weighted by Crippen LogP contribution is -2.44. The summed E-state index contributed by atoms with van der Waals surface area (Å²) in [6, 6.07) is 1.19. The summed E-state index contributed by atoms with van der Waals surface area (Å²) in [4.78, 5) is 24.1. The molecule has 2 aromatic heterocycles. The molecule has 122 valence electrons. The van der Waals surface area contributed by atoms with Crippen molar-refractivity contribution in [1.82, 2.24) is 15.0 Å². The number of carbonyl (C=O) groups is 1. The summed E-state index contributed by atoms with van der Waals surface area (Å²) in [5, 5.41) is 2.92. The molecule has 6 nitrogen and oxygen atoms in total. The van der Waals surface area contributed by atoms with Crippen LogP contribution in [0.1, 0.15) is 19.8 Å². The monoisotopic (exact) mass is 338 g/mol. The molecule has 0 aliphatic carbocycles. The number of esters is 1. The van der Waals surface area contributed by atoms with Crippen molar-refractivity contribution >= 4 is 34.4 Å². The number of nitrogens with one attached hydrogen (secondary N) is 1. The summed E-state index contributed by atoms with van der Waals surface area (Å²) in [6.45, 7) is 5.32. The fraction of sp³-hybridized carbons (Fsp3) is 0.333. The summed E-state index contributed by atoms with van der Waals surface area (Å²) in [5.74, 6) is -0.776. The Labute approximate surface area is 137 Å². The van der Waals surface area contributed by atoms with E-state index < -0.39 is 17.3 Å². The first-order valence-electron chi connectivity index (χ1n) is 6.86. The zero-order valence-electron chi connectivity index (χ0n) is 12.8. The Bertz CT molecular complexity index is 750. The van der Waals surface area contributed by atoms with Crippen LogP contribution in [0.5, 0.6) is 0 Å². The predicted octanol–water partition coefficient (Wildman–Crippen LogP) is 3.13. The van der Waals surface area contributed by atoms with E-state index in [1.165, 1.54) is 13.2 Å². The molecule has 2 aromatic rings. The Balaban J connectivity index is 2.49. The lowest BCUT2D eigenvalue weighted by atomic mass is 9.95. The van der Waals surface area contributed by atoms with Crippen LogP contribution in [0.15, 0.2) is 24.9 Å². The molecule has 0 unspecified atom stereocenters. The first-order valence-corrected chi connectivity index (χ1v) is 7.23. The maximum atomic E-state index is 13.3. The average molecular weight is 339 g/mol. The van der Waals surface area contributed by atoms with Gasteiger partial charge in [-0.05, 0) is 31.4 Å². The van der Waals surface area contributed by atoms with Crippen LogP contribution in [-0.2, 0) is 9.53 Å². The van der Waals surface area contributed by atoms with E-state index in [4.69, 9.17) is 16.3 Å². The molecule has 0 spiro atoms. The number of halogens is 2. The molecule has 0 radical (unpaired) electrons. The molecule has 1 N–H and O–H groups in total. The van der Waals surface area contributed by atoms with E-state index in [1.807, 2.05) is 0 Å². The third-order valence-corrected chi connectivity index (χ3v) is 3.52. The van der Waals surface area contributed by atoms with Gasteiger partial charge in [-0.1, -0.05) is 6.08 Å². The number of methoxy groups -OCH3 is 1. The molecule has 1 atom stereocenters. The minimum atomic E-state index is -1.07. The molecule has 2 rings (SSSR count). The standard InChI is InChI=1S/C15H16ClFN4O2/c1-4-5-6-15(2,13(22)23-3)21-12-11-10(19-14(16)20-12)7-9(17)8-18-11/h4,7-8H,1,5-6H2,2-3H3,(H,19,20,21)/t15-/m1/s1. The van der Waals surface area contributed by atoms with Crippen molar-refractivity contribution in [2.45, 2.75) is 25.3 Å². The quantitative estimate of drug-likeness (QED) is 0.495. The van der Waals surface area contributed by atoms with E-state index >= 15 is 0 Å². The summed E-state index contributed by atoms with van der Waals surface area (Å²) in [5.41, 5.74) is -0.517. The SMILES string of the molecule is C=CCC[C@@](C)(Nc1nc(Cl)nc2cc(F)cnc12)C(=O)OC. The van der Waals surface area contributed by atoms with Crippen LogP contribution in [0, 0.1) is 5.82 Å². The fourth-order valence-electron chi connectivity index (χ4n) is 2.15. The molecular weight excluding hydrogens is 323 g/mol. The van der Waals surface area contributed by atoms with Gasteiger partial charge in [0.1, 0.15) is 16.9 Å². The minimum absolute atomic E-state index is 0.0802. The second kappa shape index (κ2) is 6.87. The highest BCUT2D eigenvalue weighted by molar-refractivity contribution is 6.28. The number of ether oxygens (including phenoxy) is 1. The van der Waals surface area contributed by atoms with Crippen molar-refractivity contribution in [3.8, 4) is 0 Å². The van der Waals surface area contributed by atoms with E-state index in [0.717, 1.165) is 6.20 Å². The topological polar surface area (TPSA) is 77.0 Å². The lowest BCUT2D eigenvalue weighted by molar-refractivity contribution is -0.145. The van der Waals surface area contributed by atoms with Crippen molar-refractivity contribution in [3.05, 3.63) is 36.0 Å². The number of hydrogen-bond acceptors (Lipinski definition) is 6. The van der Waals surface area contributed by atoms with Crippen molar-refractivity contribution in [2.75, 3.05) is 12.4 Å². The third-order valence-electron chi connectivity index (χ3n) is 3.35. The Hall–Kier alpha value is -2.28. The van der Waals surface area contributed by atoms with E-state index in [0.29, 0.717) is 18.4 Å². The molecule has 0 aliphatic rings. The summed E-state index contributed by atoms with van der Waals surface area (Å²) >= 11 is 5.88. The van der Waals surface area contributed by atoms with Crippen LogP contribution in [0.4, 0.5) is 10.2 Å². The van der Waals surface area contributed by atoms with Gasteiger partial charge in [0.2, 0.25) is 5.28 Å². The molecule has 0 saturated carbocycles. The van der Waals surface area contributed by atoms with E-state index in [2.05, 4.69) is 26.8 Å². The number of aromatic nitrogens is 3. The van der Waals surface area contributed by atoms with Crippen LogP contribution in [-0.4, -0.2) is 33.6 Å². The van der Waals surface area contributed by atoms with Gasteiger partial charge in [0.25, 0.3) is 0 Å². The van der Waals surface area contributed by atoms with Gasteiger partial charge < -0.3 is 10.1 Å². The van der Waals surface area contributed by atoms with Crippen molar-refractivity contribution in [1.29, 1.82) is 0 Å². The van der Waals surface area contributed by atoms with Gasteiger partial charge in [-0.15, -0.1) is 6.58 Å². The highest BCUT2D eigenvalue weighted by atomic mass is 35.5. The number of carbonyl (C=O) groups excluding carboxylic acids is 1. The number of anilines is 1. The molecular formula is C15H16ClFN4O2. The normalized spacial score (nSPS) is 13.4. The number of rotatable bonds is 6. The zero-order chi connectivity index (χ0) is 17.0. The van der Waals surface area contributed by atoms with Gasteiger partial charge in [-0.3, -0.25) is 0 Å². The largest absolute Gasteiger partial charge is 0.467 e. The average Bonchev–Trinajstić information content (AvgIpc) is 2.51. The van der Waals surface area contributed by atoms with Crippen molar-refractivity contribution < 1.29 is 13.9 Å². The Morgan fingerprint density at radius 1 is 1.57 bits per heavy atom. The first-order chi connectivity index (χ1) is 10.9. The number of pyridine rings is 1. The zero-order valence-corrected chi connectivity index (χ0v) is 13.5. The molecule has 0 amide bonds. The second-order valence-electron chi connectivity index (χ2n) is 5.14. The Morgan fingerprint density at radius 3 is 2.96 bits per heavy atom.